The summed E-state index contributed by atoms with van der Waals surface area (Å²) < 4.78 is 0. The first-order chi connectivity index (χ1) is 13.5. The van der Waals surface area contributed by atoms with Crippen LogP contribution in [-0.4, -0.2) is 55.4 Å². The second-order valence-corrected chi connectivity index (χ2v) is 7.24. The van der Waals surface area contributed by atoms with E-state index in [1.165, 1.54) is 19.3 Å². The molecular formula is C21H34IN5O2. The first-order valence-corrected chi connectivity index (χ1v) is 10.2. The van der Waals surface area contributed by atoms with Crippen LogP contribution in [0.4, 0.5) is 0 Å². The predicted octanol–water partition coefficient (Wildman–Crippen LogP) is 2.51. The maximum atomic E-state index is 12.5. The summed E-state index contributed by atoms with van der Waals surface area (Å²) in [5, 5.41) is 9.46. The third-order valence-electron chi connectivity index (χ3n) is 4.83. The van der Waals surface area contributed by atoms with Crippen LogP contribution in [0.25, 0.3) is 0 Å². The minimum absolute atomic E-state index is 0. The fraction of sp³-hybridized carbons (Fsp3) is 0.571. The molecule has 1 aromatic rings. The highest BCUT2D eigenvalue weighted by atomic mass is 127. The maximum absolute atomic E-state index is 12.5. The normalized spacial score (nSPS) is 15.2. The summed E-state index contributed by atoms with van der Waals surface area (Å²) in [5.74, 6) is 0.569. The molecule has 2 amide bonds. The van der Waals surface area contributed by atoms with Crippen LogP contribution in [0, 0.1) is 0 Å². The zero-order chi connectivity index (χ0) is 20.4. The van der Waals surface area contributed by atoms with Crippen LogP contribution in [0.3, 0.4) is 0 Å². The number of rotatable bonds is 8. The number of aliphatic imine (C=N–C) groups is 1. The molecule has 1 aliphatic heterocycles. The van der Waals surface area contributed by atoms with Gasteiger partial charge in [-0.2, -0.15) is 0 Å². The van der Waals surface area contributed by atoms with Gasteiger partial charge >= 0.3 is 0 Å². The molecule has 8 heteroatoms. The Hall–Kier alpha value is -1.84. The van der Waals surface area contributed by atoms with Crippen LogP contribution < -0.4 is 16.0 Å². The first kappa shape index (κ1) is 25.2. The van der Waals surface area contributed by atoms with Gasteiger partial charge < -0.3 is 20.9 Å². The quantitative estimate of drug-likeness (QED) is 0.215. The molecule has 1 aliphatic rings. The van der Waals surface area contributed by atoms with E-state index in [1.54, 1.807) is 11.9 Å². The van der Waals surface area contributed by atoms with E-state index < -0.39 is 0 Å². The van der Waals surface area contributed by atoms with E-state index >= 15 is 0 Å². The van der Waals surface area contributed by atoms with Gasteiger partial charge in [0.2, 0.25) is 5.91 Å². The Labute approximate surface area is 191 Å². The van der Waals surface area contributed by atoms with E-state index in [1.807, 2.05) is 24.3 Å². The summed E-state index contributed by atoms with van der Waals surface area (Å²) in [4.78, 5) is 29.8. The number of benzene rings is 1. The number of halogens is 1. The van der Waals surface area contributed by atoms with Gasteiger partial charge in [0, 0.05) is 38.3 Å². The molecule has 1 fully saturated rings. The third kappa shape index (κ3) is 8.59. The standard InChI is InChI=1S/C21H33N5O2.HI/c1-4-5-6-7-16(2)25-21(22-3)24-14-17-8-10-18(11-9-17)20(28)26-13-12-23-19(27)15-26;/h8-11,16H,4-7,12-15H2,1-3H3,(H,23,27)(H2,22,24,25);1H. The van der Waals surface area contributed by atoms with Gasteiger partial charge in [-0.15, -0.1) is 24.0 Å². The number of unbranched alkanes of at least 4 members (excludes halogenated alkanes) is 2. The van der Waals surface area contributed by atoms with Crippen molar-refractivity contribution < 1.29 is 9.59 Å². The molecule has 162 valence electrons. The van der Waals surface area contributed by atoms with Crippen LogP contribution in [0.5, 0.6) is 0 Å². The van der Waals surface area contributed by atoms with Gasteiger partial charge in [0.05, 0.1) is 6.54 Å². The fourth-order valence-corrected chi connectivity index (χ4v) is 3.15. The van der Waals surface area contributed by atoms with Gasteiger partial charge in [0.15, 0.2) is 5.96 Å². The Kier molecular flexibility index (Phi) is 11.6. The second-order valence-electron chi connectivity index (χ2n) is 7.24. The van der Waals surface area contributed by atoms with Crippen LogP contribution in [-0.2, 0) is 11.3 Å². The largest absolute Gasteiger partial charge is 0.354 e. The fourth-order valence-electron chi connectivity index (χ4n) is 3.15. The molecule has 1 saturated heterocycles. The van der Waals surface area contributed by atoms with Crippen molar-refractivity contribution in [3.63, 3.8) is 0 Å². The Morgan fingerprint density at radius 1 is 1.28 bits per heavy atom. The monoisotopic (exact) mass is 515 g/mol. The molecule has 1 unspecified atom stereocenters. The lowest BCUT2D eigenvalue weighted by Crippen LogP contribution is -2.49. The van der Waals surface area contributed by atoms with E-state index in [0.29, 0.717) is 31.2 Å². The molecule has 1 atom stereocenters. The lowest BCUT2D eigenvalue weighted by atomic mass is 10.1. The van der Waals surface area contributed by atoms with Crippen molar-refractivity contribution in [2.45, 2.75) is 52.1 Å². The zero-order valence-corrected chi connectivity index (χ0v) is 20.0. The number of nitrogens with zero attached hydrogens (tertiary/aromatic N) is 2. The molecule has 3 N–H and O–H groups in total. The lowest BCUT2D eigenvalue weighted by molar-refractivity contribution is -0.123. The number of hydrogen-bond acceptors (Lipinski definition) is 3. The van der Waals surface area contributed by atoms with Crippen LogP contribution >= 0.6 is 24.0 Å². The molecular weight excluding hydrogens is 481 g/mol. The van der Waals surface area contributed by atoms with Crippen molar-refractivity contribution in [1.29, 1.82) is 0 Å². The van der Waals surface area contributed by atoms with Gasteiger partial charge in [-0.25, -0.2) is 0 Å². The lowest BCUT2D eigenvalue weighted by Gasteiger charge is -2.26. The topological polar surface area (TPSA) is 85.8 Å². The van der Waals surface area contributed by atoms with Crippen molar-refractivity contribution in [2.75, 3.05) is 26.7 Å². The van der Waals surface area contributed by atoms with Crippen LogP contribution in [0.1, 0.15) is 55.5 Å². The van der Waals surface area contributed by atoms with Crippen molar-refractivity contribution >= 4 is 41.8 Å². The number of carbonyl (C=O) groups is 2. The highest BCUT2D eigenvalue weighted by Gasteiger charge is 2.22. The van der Waals surface area contributed by atoms with Crippen molar-refractivity contribution in [3.05, 3.63) is 35.4 Å². The average molecular weight is 515 g/mol. The van der Waals surface area contributed by atoms with Crippen LogP contribution in [0.15, 0.2) is 29.3 Å². The van der Waals surface area contributed by atoms with Gasteiger partial charge in [-0.1, -0.05) is 38.3 Å². The van der Waals surface area contributed by atoms with E-state index in [0.717, 1.165) is 17.9 Å². The summed E-state index contributed by atoms with van der Waals surface area (Å²) in [6, 6.07) is 7.87. The molecule has 29 heavy (non-hydrogen) atoms. The molecule has 0 spiro atoms. The molecule has 0 bridgehead atoms. The SMILES string of the molecule is CCCCCC(C)NC(=NC)NCc1ccc(C(=O)N2CCNC(=O)C2)cc1.I. The van der Waals surface area contributed by atoms with Gasteiger partial charge in [-0.3, -0.25) is 14.6 Å². The predicted molar refractivity (Wildman–Crippen MR) is 128 cm³/mol. The van der Waals surface area contributed by atoms with Crippen molar-refractivity contribution in [1.82, 2.24) is 20.9 Å². The molecule has 0 saturated carbocycles. The minimum atomic E-state index is -0.108. The smallest absolute Gasteiger partial charge is 0.254 e. The summed E-state index contributed by atoms with van der Waals surface area (Å²) in [5.41, 5.74) is 1.67. The molecule has 1 heterocycles. The number of guanidine groups is 1. The number of piperazine rings is 1. The second kappa shape index (κ2) is 13.4. The number of amides is 2. The maximum Gasteiger partial charge on any atom is 0.254 e. The molecule has 1 aromatic carbocycles. The molecule has 0 aromatic heterocycles. The Bertz CT molecular complexity index is 678. The summed E-state index contributed by atoms with van der Waals surface area (Å²) in [6.45, 7) is 6.19. The number of hydrogen-bond donors (Lipinski definition) is 3. The molecule has 0 radical (unpaired) electrons. The molecule has 0 aliphatic carbocycles. The van der Waals surface area contributed by atoms with Crippen molar-refractivity contribution in [3.8, 4) is 0 Å². The van der Waals surface area contributed by atoms with Crippen molar-refractivity contribution in [2.24, 2.45) is 4.99 Å². The minimum Gasteiger partial charge on any atom is -0.354 e. The highest BCUT2D eigenvalue weighted by molar-refractivity contribution is 14.0. The Morgan fingerprint density at radius 3 is 2.62 bits per heavy atom. The third-order valence-corrected chi connectivity index (χ3v) is 4.83. The number of nitrogens with one attached hydrogen (secondary N) is 3. The van der Waals surface area contributed by atoms with E-state index in [2.05, 4.69) is 34.8 Å². The number of carbonyl (C=O) groups excluding carboxylic acids is 2. The highest BCUT2D eigenvalue weighted by Crippen LogP contribution is 2.09. The van der Waals surface area contributed by atoms with E-state index in [-0.39, 0.29) is 42.3 Å². The summed E-state index contributed by atoms with van der Waals surface area (Å²) in [7, 11) is 1.77. The van der Waals surface area contributed by atoms with Gasteiger partial charge in [0.1, 0.15) is 0 Å². The summed E-state index contributed by atoms with van der Waals surface area (Å²) in [6.07, 6.45) is 4.82. The Balaban J connectivity index is 0.00000420. The van der Waals surface area contributed by atoms with Gasteiger partial charge in [0.25, 0.3) is 5.91 Å². The Morgan fingerprint density at radius 2 is 2.00 bits per heavy atom. The summed E-state index contributed by atoms with van der Waals surface area (Å²) >= 11 is 0. The molecule has 2 rings (SSSR count). The van der Waals surface area contributed by atoms with Gasteiger partial charge in [-0.05, 0) is 31.0 Å². The van der Waals surface area contributed by atoms with E-state index in [9.17, 15) is 9.59 Å². The average Bonchev–Trinajstić information content (AvgIpc) is 2.71. The van der Waals surface area contributed by atoms with E-state index in [4.69, 9.17) is 0 Å². The zero-order valence-electron chi connectivity index (χ0n) is 17.7. The van der Waals surface area contributed by atoms with Crippen LogP contribution in [0.2, 0.25) is 0 Å². The first-order valence-electron chi connectivity index (χ1n) is 10.2. The molecule has 7 nitrogen and oxygen atoms in total.